The lowest BCUT2D eigenvalue weighted by Gasteiger charge is -2.42. The second-order valence-corrected chi connectivity index (χ2v) is 6.05. The van der Waals surface area contributed by atoms with Gasteiger partial charge in [0.25, 0.3) is 0 Å². The minimum atomic E-state index is 0.301. The molecule has 0 spiro atoms. The standard InChI is InChI=1S/C13H28N2/c1-11(2)15-8-6-5-7-12(15)9-13(3,4)10-14/h11-12H,5-10,14H2,1-4H3. The van der Waals surface area contributed by atoms with Crippen LogP contribution in [0.1, 0.15) is 53.4 Å². The second kappa shape index (κ2) is 5.31. The Morgan fingerprint density at radius 2 is 2.00 bits per heavy atom. The van der Waals surface area contributed by atoms with Crippen LogP contribution in [0.2, 0.25) is 0 Å². The predicted molar refractivity (Wildman–Crippen MR) is 66.9 cm³/mol. The van der Waals surface area contributed by atoms with Gasteiger partial charge in [-0.1, -0.05) is 20.3 Å². The van der Waals surface area contributed by atoms with E-state index in [1.807, 2.05) is 0 Å². The van der Waals surface area contributed by atoms with Crippen molar-refractivity contribution in [2.75, 3.05) is 13.1 Å². The third-order valence-corrected chi connectivity index (χ3v) is 3.68. The fourth-order valence-corrected chi connectivity index (χ4v) is 2.64. The van der Waals surface area contributed by atoms with Gasteiger partial charge in [0, 0.05) is 12.1 Å². The minimum absolute atomic E-state index is 0.301. The molecule has 1 aliphatic heterocycles. The van der Waals surface area contributed by atoms with Gasteiger partial charge in [-0.25, -0.2) is 0 Å². The summed E-state index contributed by atoms with van der Waals surface area (Å²) in [7, 11) is 0. The number of nitrogens with two attached hydrogens (primary N) is 1. The van der Waals surface area contributed by atoms with Crippen molar-refractivity contribution in [3.63, 3.8) is 0 Å². The lowest BCUT2D eigenvalue weighted by atomic mass is 9.82. The SMILES string of the molecule is CC(C)N1CCCCC1CC(C)(C)CN. The Labute approximate surface area is 95.2 Å². The van der Waals surface area contributed by atoms with Crippen LogP contribution >= 0.6 is 0 Å². The molecule has 0 aromatic carbocycles. The van der Waals surface area contributed by atoms with E-state index >= 15 is 0 Å². The highest BCUT2D eigenvalue weighted by molar-refractivity contribution is 4.84. The van der Waals surface area contributed by atoms with Crippen LogP contribution in [0.25, 0.3) is 0 Å². The molecule has 2 nitrogen and oxygen atoms in total. The topological polar surface area (TPSA) is 29.3 Å². The smallest absolute Gasteiger partial charge is 0.0103 e. The van der Waals surface area contributed by atoms with Crippen molar-refractivity contribution in [3.05, 3.63) is 0 Å². The first-order valence-electron chi connectivity index (χ1n) is 6.42. The van der Waals surface area contributed by atoms with Crippen LogP contribution in [-0.2, 0) is 0 Å². The molecule has 0 aromatic heterocycles. The van der Waals surface area contributed by atoms with Gasteiger partial charge in [-0.3, -0.25) is 4.90 Å². The number of rotatable bonds is 4. The number of nitrogens with zero attached hydrogens (tertiary/aromatic N) is 1. The van der Waals surface area contributed by atoms with Crippen LogP contribution < -0.4 is 5.73 Å². The normalized spacial score (nSPS) is 24.8. The van der Waals surface area contributed by atoms with Crippen LogP contribution in [0, 0.1) is 5.41 Å². The maximum Gasteiger partial charge on any atom is 0.0103 e. The van der Waals surface area contributed by atoms with E-state index in [-0.39, 0.29) is 0 Å². The molecule has 1 saturated heterocycles. The van der Waals surface area contributed by atoms with E-state index < -0.39 is 0 Å². The average Bonchev–Trinajstić information content (AvgIpc) is 2.18. The highest BCUT2D eigenvalue weighted by atomic mass is 15.2. The fraction of sp³-hybridized carbons (Fsp3) is 1.00. The van der Waals surface area contributed by atoms with Crippen molar-refractivity contribution in [2.24, 2.45) is 11.1 Å². The molecule has 1 unspecified atom stereocenters. The molecule has 90 valence electrons. The molecule has 2 N–H and O–H groups in total. The van der Waals surface area contributed by atoms with Gasteiger partial charge in [0.2, 0.25) is 0 Å². The van der Waals surface area contributed by atoms with Crippen LogP contribution in [0.15, 0.2) is 0 Å². The summed E-state index contributed by atoms with van der Waals surface area (Å²) in [6.07, 6.45) is 5.38. The van der Waals surface area contributed by atoms with E-state index in [0.717, 1.165) is 12.6 Å². The quantitative estimate of drug-likeness (QED) is 0.776. The molecule has 0 saturated carbocycles. The molecule has 0 aliphatic carbocycles. The number of likely N-dealkylation sites (tertiary alicyclic amines) is 1. The molecule has 0 amide bonds. The van der Waals surface area contributed by atoms with Crippen molar-refractivity contribution in [1.29, 1.82) is 0 Å². The molecule has 2 heteroatoms. The van der Waals surface area contributed by atoms with E-state index in [1.54, 1.807) is 0 Å². The van der Waals surface area contributed by atoms with Gasteiger partial charge in [0.1, 0.15) is 0 Å². The zero-order valence-electron chi connectivity index (χ0n) is 10.9. The largest absolute Gasteiger partial charge is 0.330 e. The summed E-state index contributed by atoms with van der Waals surface area (Å²) in [4.78, 5) is 2.67. The second-order valence-electron chi connectivity index (χ2n) is 6.05. The van der Waals surface area contributed by atoms with E-state index in [4.69, 9.17) is 5.73 Å². The summed E-state index contributed by atoms with van der Waals surface area (Å²) in [5, 5.41) is 0. The summed E-state index contributed by atoms with van der Waals surface area (Å²) in [5.74, 6) is 0. The third-order valence-electron chi connectivity index (χ3n) is 3.68. The van der Waals surface area contributed by atoms with Crippen LogP contribution in [0.3, 0.4) is 0 Å². The Bertz CT molecular complexity index is 187. The predicted octanol–water partition coefficient (Wildman–Crippen LogP) is 2.62. The van der Waals surface area contributed by atoms with Crippen molar-refractivity contribution in [3.8, 4) is 0 Å². The summed E-state index contributed by atoms with van der Waals surface area (Å²) < 4.78 is 0. The zero-order valence-corrected chi connectivity index (χ0v) is 10.9. The Morgan fingerprint density at radius 1 is 1.33 bits per heavy atom. The van der Waals surface area contributed by atoms with Crippen molar-refractivity contribution in [2.45, 2.75) is 65.5 Å². The number of piperidine rings is 1. The molecule has 1 fully saturated rings. The van der Waals surface area contributed by atoms with Crippen molar-refractivity contribution >= 4 is 0 Å². The number of hydrogen-bond donors (Lipinski definition) is 1. The maximum absolute atomic E-state index is 5.83. The van der Waals surface area contributed by atoms with E-state index in [2.05, 4.69) is 32.6 Å². The summed E-state index contributed by atoms with van der Waals surface area (Å²) in [6, 6.07) is 1.45. The van der Waals surface area contributed by atoms with Gasteiger partial charge in [-0.05, 0) is 51.6 Å². The molecule has 15 heavy (non-hydrogen) atoms. The first kappa shape index (κ1) is 13.0. The Hall–Kier alpha value is -0.0800. The first-order valence-corrected chi connectivity index (χ1v) is 6.42. The lowest BCUT2D eigenvalue weighted by Crippen LogP contribution is -2.46. The van der Waals surface area contributed by atoms with Crippen molar-refractivity contribution < 1.29 is 0 Å². The molecule has 0 bridgehead atoms. The maximum atomic E-state index is 5.83. The highest BCUT2D eigenvalue weighted by Gasteiger charge is 2.29. The number of hydrogen-bond acceptors (Lipinski definition) is 2. The molecule has 1 heterocycles. The van der Waals surface area contributed by atoms with Crippen LogP contribution in [0.5, 0.6) is 0 Å². The van der Waals surface area contributed by atoms with Crippen LogP contribution in [-0.4, -0.2) is 30.1 Å². The Kier molecular flexibility index (Phi) is 4.60. The van der Waals surface area contributed by atoms with Gasteiger partial charge < -0.3 is 5.73 Å². The summed E-state index contributed by atoms with van der Waals surface area (Å²) in [6.45, 7) is 11.3. The molecular weight excluding hydrogens is 184 g/mol. The minimum Gasteiger partial charge on any atom is -0.330 e. The fourth-order valence-electron chi connectivity index (χ4n) is 2.64. The van der Waals surface area contributed by atoms with Crippen LogP contribution in [0.4, 0.5) is 0 Å². The van der Waals surface area contributed by atoms with Gasteiger partial charge in [0.05, 0.1) is 0 Å². The molecule has 0 aromatic rings. The molecule has 1 rings (SSSR count). The average molecular weight is 212 g/mol. The zero-order chi connectivity index (χ0) is 11.5. The van der Waals surface area contributed by atoms with Gasteiger partial charge in [-0.15, -0.1) is 0 Å². The van der Waals surface area contributed by atoms with E-state index in [1.165, 1.54) is 32.2 Å². The molecular formula is C13H28N2. The summed E-state index contributed by atoms with van der Waals surface area (Å²) in [5.41, 5.74) is 6.13. The lowest BCUT2D eigenvalue weighted by molar-refractivity contribution is 0.0785. The van der Waals surface area contributed by atoms with E-state index in [9.17, 15) is 0 Å². The van der Waals surface area contributed by atoms with E-state index in [0.29, 0.717) is 11.5 Å². The molecule has 1 atom stereocenters. The highest BCUT2D eigenvalue weighted by Crippen LogP contribution is 2.29. The summed E-state index contributed by atoms with van der Waals surface area (Å²) >= 11 is 0. The third kappa shape index (κ3) is 3.76. The van der Waals surface area contributed by atoms with Gasteiger partial charge in [-0.2, -0.15) is 0 Å². The van der Waals surface area contributed by atoms with Gasteiger partial charge in [0.15, 0.2) is 0 Å². The van der Waals surface area contributed by atoms with Gasteiger partial charge >= 0.3 is 0 Å². The first-order chi connectivity index (χ1) is 6.96. The van der Waals surface area contributed by atoms with Crippen molar-refractivity contribution in [1.82, 2.24) is 4.90 Å². The molecule has 1 aliphatic rings. The monoisotopic (exact) mass is 212 g/mol. The Morgan fingerprint density at radius 3 is 2.53 bits per heavy atom. The Balaban J connectivity index is 2.57. The molecule has 0 radical (unpaired) electrons.